The summed E-state index contributed by atoms with van der Waals surface area (Å²) in [6.07, 6.45) is 3.36. The molecule has 0 radical (unpaired) electrons. The lowest BCUT2D eigenvalue weighted by Crippen LogP contribution is -2.13. The maximum atomic E-state index is 11.5. The molecule has 3 nitrogen and oxygen atoms in total. The molecule has 0 aliphatic rings. The zero-order valence-electron chi connectivity index (χ0n) is 8.85. The fourth-order valence-corrected chi connectivity index (χ4v) is 2.26. The number of imidazole rings is 1. The number of halogens is 1. The van der Waals surface area contributed by atoms with Gasteiger partial charge in [0.05, 0.1) is 5.69 Å². The number of fused-ring (bicyclic) bond motifs is 1. The molecule has 0 bridgehead atoms. The van der Waals surface area contributed by atoms with Gasteiger partial charge in [0.15, 0.2) is 0 Å². The summed E-state index contributed by atoms with van der Waals surface area (Å²) in [5, 5.41) is 2.26. The molecule has 3 rings (SSSR count). The average molecular weight is 289 g/mol. The third-order valence-electron chi connectivity index (χ3n) is 2.71. The molecule has 84 valence electrons. The van der Waals surface area contributed by atoms with E-state index in [0.717, 1.165) is 20.9 Å². The number of nitrogens with one attached hydrogen (secondary N) is 1. The number of benzene rings is 2. The standard InChI is InChI=1S/C13H9BrN2O/c14-11-3-1-10-8-12(4-2-9(10)7-11)16-6-5-15-13(16)17/h1-8H,(H,15,17). The number of aromatic nitrogens is 2. The van der Waals surface area contributed by atoms with Crippen molar-refractivity contribution in [1.29, 1.82) is 0 Å². The van der Waals surface area contributed by atoms with E-state index in [2.05, 4.69) is 27.0 Å². The Morgan fingerprint density at radius 1 is 1.06 bits per heavy atom. The van der Waals surface area contributed by atoms with E-state index in [1.54, 1.807) is 17.0 Å². The molecule has 0 saturated heterocycles. The highest BCUT2D eigenvalue weighted by Crippen LogP contribution is 2.21. The predicted molar refractivity (Wildman–Crippen MR) is 71.6 cm³/mol. The van der Waals surface area contributed by atoms with Crippen LogP contribution in [-0.4, -0.2) is 9.55 Å². The van der Waals surface area contributed by atoms with E-state index in [1.165, 1.54) is 0 Å². The molecular weight excluding hydrogens is 280 g/mol. The van der Waals surface area contributed by atoms with Gasteiger partial charge in [-0.15, -0.1) is 0 Å². The Bertz CT molecular complexity index is 742. The summed E-state index contributed by atoms with van der Waals surface area (Å²) in [6.45, 7) is 0. The van der Waals surface area contributed by atoms with Crippen molar-refractivity contribution in [2.45, 2.75) is 0 Å². The summed E-state index contributed by atoms with van der Waals surface area (Å²) in [5.41, 5.74) is 0.743. The Hall–Kier alpha value is -1.81. The van der Waals surface area contributed by atoms with Gasteiger partial charge < -0.3 is 4.98 Å². The van der Waals surface area contributed by atoms with E-state index in [-0.39, 0.29) is 5.69 Å². The predicted octanol–water partition coefficient (Wildman–Crippen LogP) is 3.08. The van der Waals surface area contributed by atoms with Gasteiger partial charge in [-0.2, -0.15) is 0 Å². The monoisotopic (exact) mass is 288 g/mol. The van der Waals surface area contributed by atoms with Crippen LogP contribution >= 0.6 is 15.9 Å². The summed E-state index contributed by atoms with van der Waals surface area (Å²) in [5.74, 6) is 0. The molecule has 1 aromatic heterocycles. The van der Waals surface area contributed by atoms with E-state index in [9.17, 15) is 4.79 Å². The summed E-state index contributed by atoms with van der Waals surface area (Å²) in [7, 11) is 0. The zero-order valence-corrected chi connectivity index (χ0v) is 10.4. The number of aromatic amines is 1. The minimum Gasteiger partial charge on any atom is -0.312 e. The van der Waals surface area contributed by atoms with Crippen molar-refractivity contribution >= 4 is 26.7 Å². The van der Waals surface area contributed by atoms with E-state index in [0.29, 0.717) is 0 Å². The van der Waals surface area contributed by atoms with Gasteiger partial charge >= 0.3 is 5.69 Å². The van der Waals surface area contributed by atoms with Crippen molar-refractivity contribution < 1.29 is 0 Å². The minimum absolute atomic E-state index is 0.124. The molecule has 1 heterocycles. The molecule has 2 aromatic carbocycles. The highest BCUT2D eigenvalue weighted by Gasteiger charge is 2.01. The third-order valence-corrected chi connectivity index (χ3v) is 3.21. The number of hydrogen-bond acceptors (Lipinski definition) is 1. The second-order valence-electron chi connectivity index (χ2n) is 3.81. The van der Waals surface area contributed by atoms with E-state index >= 15 is 0 Å². The van der Waals surface area contributed by atoms with Crippen LogP contribution in [0.2, 0.25) is 0 Å². The van der Waals surface area contributed by atoms with Crippen molar-refractivity contribution in [2.75, 3.05) is 0 Å². The zero-order chi connectivity index (χ0) is 11.8. The van der Waals surface area contributed by atoms with Crippen LogP contribution in [0.4, 0.5) is 0 Å². The lowest BCUT2D eigenvalue weighted by Gasteiger charge is -2.04. The third kappa shape index (κ3) is 1.80. The molecule has 0 saturated carbocycles. The maximum absolute atomic E-state index is 11.5. The Balaban J connectivity index is 2.24. The molecule has 3 aromatic rings. The molecule has 1 N–H and O–H groups in total. The van der Waals surface area contributed by atoms with Gasteiger partial charge in [0.2, 0.25) is 0 Å². The molecule has 0 fully saturated rings. The smallest absolute Gasteiger partial charge is 0.312 e. The quantitative estimate of drug-likeness (QED) is 0.734. The molecule has 4 heteroatoms. The summed E-state index contributed by atoms with van der Waals surface area (Å²) in [4.78, 5) is 14.1. The first-order valence-corrected chi connectivity index (χ1v) is 5.99. The second kappa shape index (κ2) is 3.89. The second-order valence-corrected chi connectivity index (χ2v) is 4.73. The van der Waals surface area contributed by atoms with Crippen LogP contribution in [0, 0.1) is 0 Å². The van der Waals surface area contributed by atoms with Crippen LogP contribution in [0.5, 0.6) is 0 Å². The Labute approximate surface area is 106 Å². The first-order chi connectivity index (χ1) is 8.24. The minimum atomic E-state index is -0.124. The van der Waals surface area contributed by atoms with E-state index in [1.807, 2.05) is 30.3 Å². The molecular formula is C13H9BrN2O. The van der Waals surface area contributed by atoms with Crippen LogP contribution in [0.1, 0.15) is 0 Å². The Kier molecular flexibility index (Phi) is 2.37. The van der Waals surface area contributed by atoms with Crippen LogP contribution in [0.3, 0.4) is 0 Å². The van der Waals surface area contributed by atoms with Crippen molar-refractivity contribution in [3.8, 4) is 5.69 Å². The van der Waals surface area contributed by atoms with Crippen LogP contribution in [0.15, 0.2) is 58.1 Å². The summed E-state index contributed by atoms with van der Waals surface area (Å²) >= 11 is 3.44. The number of nitrogens with zero attached hydrogens (tertiary/aromatic N) is 1. The first-order valence-electron chi connectivity index (χ1n) is 5.20. The van der Waals surface area contributed by atoms with Crippen molar-refractivity contribution in [3.05, 3.63) is 63.7 Å². The summed E-state index contributed by atoms with van der Waals surface area (Å²) < 4.78 is 2.64. The van der Waals surface area contributed by atoms with Gasteiger partial charge in [0.25, 0.3) is 0 Å². The molecule has 0 atom stereocenters. The van der Waals surface area contributed by atoms with Gasteiger partial charge in [-0.3, -0.25) is 4.57 Å². The molecule has 17 heavy (non-hydrogen) atoms. The fraction of sp³-hybridized carbons (Fsp3) is 0. The van der Waals surface area contributed by atoms with Crippen molar-refractivity contribution in [1.82, 2.24) is 9.55 Å². The molecule has 0 amide bonds. The van der Waals surface area contributed by atoms with Crippen LogP contribution < -0.4 is 5.69 Å². The summed E-state index contributed by atoms with van der Waals surface area (Å²) in [6, 6.07) is 12.0. The van der Waals surface area contributed by atoms with E-state index in [4.69, 9.17) is 0 Å². The van der Waals surface area contributed by atoms with Gasteiger partial charge in [-0.25, -0.2) is 4.79 Å². The normalized spacial score (nSPS) is 10.9. The average Bonchev–Trinajstić information content (AvgIpc) is 2.75. The maximum Gasteiger partial charge on any atom is 0.330 e. The topological polar surface area (TPSA) is 37.8 Å². The lowest BCUT2D eigenvalue weighted by atomic mass is 10.1. The van der Waals surface area contributed by atoms with Gasteiger partial charge in [-0.05, 0) is 35.0 Å². The van der Waals surface area contributed by atoms with Crippen LogP contribution in [0.25, 0.3) is 16.5 Å². The molecule has 0 spiro atoms. The molecule has 0 aliphatic heterocycles. The number of H-pyrrole nitrogens is 1. The Morgan fingerprint density at radius 2 is 1.82 bits per heavy atom. The van der Waals surface area contributed by atoms with Gasteiger partial charge in [0, 0.05) is 16.9 Å². The lowest BCUT2D eigenvalue weighted by molar-refractivity contribution is 0.990. The van der Waals surface area contributed by atoms with E-state index < -0.39 is 0 Å². The van der Waals surface area contributed by atoms with Crippen molar-refractivity contribution in [2.24, 2.45) is 0 Å². The number of hydrogen-bond donors (Lipinski definition) is 1. The fourth-order valence-electron chi connectivity index (χ4n) is 1.88. The highest BCUT2D eigenvalue weighted by atomic mass is 79.9. The van der Waals surface area contributed by atoms with Gasteiger partial charge in [0.1, 0.15) is 0 Å². The van der Waals surface area contributed by atoms with Crippen LogP contribution in [-0.2, 0) is 0 Å². The molecule has 0 unspecified atom stereocenters. The molecule has 0 aliphatic carbocycles. The highest BCUT2D eigenvalue weighted by molar-refractivity contribution is 9.10. The van der Waals surface area contributed by atoms with Crippen molar-refractivity contribution in [3.63, 3.8) is 0 Å². The van der Waals surface area contributed by atoms with Gasteiger partial charge in [-0.1, -0.05) is 28.1 Å². The Morgan fingerprint density at radius 3 is 2.59 bits per heavy atom. The number of rotatable bonds is 1. The SMILES string of the molecule is O=c1[nH]ccn1-c1ccc2cc(Br)ccc2c1. The largest absolute Gasteiger partial charge is 0.330 e. The first kappa shape index (κ1) is 10.4.